The molecule has 164 valence electrons. The van der Waals surface area contributed by atoms with Crippen LogP contribution in [0.15, 0.2) is 30.3 Å². The van der Waals surface area contributed by atoms with Crippen LogP contribution in [0.25, 0.3) is 0 Å². The van der Waals surface area contributed by atoms with Crippen molar-refractivity contribution in [3.63, 3.8) is 0 Å². The van der Waals surface area contributed by atoms with Gasteiger partial charge in [-0.3, -0.25) is 9.59 Å². The first-order valence-corrected chi connectivity index (χ1v) is 11.4. The fraction of sp³-hybridized carbons (Fsp3) is 0.667. The van der Waals surface area contributed by atoms with Gasteiger partial charge in [0.25, 0.3) is 0 Å². The molecule has 0 radical (unpaired) electrons. The number of ether oxygens (including phenoxy) is 1. The Labute approximate surface area is 179 Å². The predicted molar refractivity (Wildman–Crippen MR) is 117 cm³/mol. The molecule has 30 heavy (non-hydrogen) atoms. The lowest BCUT2D eigenvalue weighted by Gasteiger charge is -2.41. The molecule has 1 saturated heterocycles. The molecule has 1 heterocycles. The van der Waals surface area contributed by atoms with Gasteiger partial charge in [-0.25, -0.2) is 0 Å². The Kier molecular flexibility index (Phi) is 6.74. The van der Waals surface area contributed by atoms with Gasteiger partial charge in [0.1, 0.15) is 0 Å². The second-order valence-electron chi connectivity index (χ2n) is 9.55. The van der Waals surface area contributed by atoms with Gasteiger partial charge < -0.3 is 19.9 Å². The van der Waals surface area contributed by atoms with Crippen LogP contribution in [-0.4, -0.2) is 67.6 Å². The third-order valence-electron chi connectivity index (χ3n) is 6.97. The highest BCUT2D eigenvalue weighted by atomic mass is 16.5. The zero-order valence-electron chi connectivity index (χ0n) is 18.3. The standard InChI is InChI=1S/C24H35N3O3/c1-26(2)21-12-18-14-27(15-19(18)13-22(21)30-16-17-8-9-17)24(29)11-10-23(28)25-20-6-4-3-5-7-20/h3-7,17-19,21-22H,8-16H2,1-2H3,(H,25,28)/t18-,19+,21-,22-/m1/s1. The lowest BCUT2D eigenvalue weighted by Crippen LogP contribution is -2.48. The van der Waals surface area contributed by atoms with E-state index in [0.29, 0.717) is 17.9 Å². The first-order valence-electron chi connectivity index (χ1n) is 11.4. The Hall–Kier alpha value is -1.92. The molecule has 3 fully saturated rings. The lowest BCUT2D eigenvalue weighted by molar-refractivity contribution is -0.132. The fourth-order valence-corrected chi connectivity index (χ4v) is 4.98. The maximum absolute atomic E-state index is 12.8. The van der Waals surface area contributed by atoms with Gasteiger partial charge in [0.15, 0.2) is 0 Å². The number of benzene rings is 1. The molecule has 2 aliphatic carbocycles. The van der Waals surface area contributed by atoms with Crippen LogP contribution in [0.4, 0.5) is 5.69 Å². The Balaban J connectivity index is 1.26. The van der Waals surface area contributed by atoms with Crippen molar-refractivity contribution < 1.29 is 14.3 Å². The molecule has 4 atom stereocenters. The number of carbonyl (C=O) groups excluding carboxylic acids is 2. The third-order valence-corrected chi connectivity index (χ3v) is 6.97. The molecule has 0 spiro atoms. The van der Waals surface area contributed by atoms with Crippen LogP contribution in [0.2, 0.25) is 0 Å². The second-order valence-corrected chi connectivity index (χ2v) is 9.55. The predicted octanol–water partition coefficient (Wildman–Crippen LogP) is 3.00. The number of fused-ring (bicyclic) bond motifs is 1. The molecule has 4 rings (SSSR count). The van der Waals surface area contributed by atoms with Gasteiger partial charge >= 0.3 is 0 Å². The van der Waals surface area contributed by atoms with Crippen molar-refractivity contribution in [2.45, 2.75) is 50.7 Å². The fourth-order valence-electron chi connectivity index (χ4n) is 4.98. The highest BCUT2D eigenvalue weighted by molar-refractivity contribution is 5.93. The second kappa shape index (κ2) is 9.48. The first-order chi connectivity index (χ1) is 14.5. The number of nitrogens with zero attached hydrogens (tertiary/aromatic N) is 2. The van der Waals surface area contributed by atoms with Gasteiger partial charge in [-0.2, -0.15) is 0 Å². The number of carbonyl (C=O) groups is 2. The number of hydrogen-bond donors (Lipinski definition) is 1. The Morgan fingerprint density at radius 1 is 1.07 bits per heavy atom. The van der Waals surface area contributed by atoms with Crippen LogP contribution in [0.1, 0.15) is 38.5 Å². The molecule has 2 saturated carbocycles. The zero-order valence-corrected chi connectivity index (χ0v) is 18.3. The molecule has 1 aliphatic heterocycles. The summed E-state index contributed by atoms with van der Waals surface area (Å²) in [6, 6.07) is 9.82. The lowest BCUT2D eigenvalue weighted by atomic mass is 9.77. The van der Waals surface area contributed by atoms with E-state index in [1.807, 2.05) is 35.2 Å². The number of likely N-dealkylation sites (N-methyl/N-ethyl adjacent to an activating group) is 1. The summed E-state index contributed by atoms with van der Waals surface area (Å²) in [5.41, 5.74) is 0.772. The average molecular weight is 414 g/mol. The van der Waals surface area contributed by atoms with Gasteiger partial charge in [0.2, 0.25) is 11.8 Å². The van der Waals surface area contributed by atoms with Crippen LogP contribution < -0.4 is 5.32 Å². The maximum Gasteiger partial charge on any atom is 0.224 e. The summed E-state index contributed by atoms with van der Waals surface area (Å²) in [6.07, 6.45) is 5.53. The molecule has 6 nitrogen and oxygen atoms in total. The number of nitrogens with one attached hydrogen (secondary N) is 1. The number of rotatable bonds is 8. The normalized spacial score (nSPS) is 28.4. The summed E-state index contributed by atoms with van der Waals surface area (Å²) in [7, 11) is 4.28. The van der Waals surface area contributed by atoms with Gasteiger partial charge in [-0.05, 0) is 69.7 Å². The molecule has 0 unspecified atom stereocenters. The van der Waals surface area contributed by atoms with Gasteiger partial charge in [-0.1, -0.05) is 18.2 Å². The van der Waals surface area contributed by atoms with E-state index in [-0.39, 0.29) is 30.8 Å². The monoisotopic (exact) mass is 413 g/mol. The van der Waals surface area contributed by atoms with E-state index in [1.54, 1.807) is 0 Å². The van der Waals surface area contributed by atoms with Crippen LogP contribution in [-0.2, 0) is 14.3 Å². The molecule has 6 heteroatoms. The Bertz CT molecular complexity index is 734. The van der Waals surface area contributed by atoms with Crippen LogP contribution in [0, 0.1) is 17.8 Å². The number of para-hydroxylation sites is 1. The van der Waals surface area contributed by atoms with E-state index in [1.165, 1.54) is 12.8 Å². The van der Waals surface area contributed by atoms with Gasteiger partial charge in [0.05, 0.1) is 6.10 Å². The minimum absolute atomic E-state index is 0.101. The molecule has 1 aromatic rings. The minimum Gasteiger partial charge on any atom is -0.376 e. The van der Waals surface area contributed by atoms with E-state index < -0.39 is 0 Å². The number of likely N-dealkylation sites (tertiary alicyclic amines) is 1. The topological polar surface area (TPSA) is 61.9 Å². The summed E-state index contributed by atoms with van der Waals surface area (Å²) in [5.74, 6) is 1.83. The quantitative estimate of drug-likeness (QED) is 0.712. The highest BCUT2D eigenvalue weighted by Crippen LogP contribution is 2.40. The van der Waals surface area contributed by atoms with Crippen LogP contribution >= 0.6 is 0 Å². The zero-order chi connectivity index (χ0) is 21.1. The summed E-state index contributed by atoms with van der Waals surface area (Å²) < 4.78 is 6.32. The molecule has 2 amide bonds. The number of amides is 2. The van der Waals surface area contributed by atoms with Crippen molar-refractivity contribution in [1.82, 2.24) is 9.80 Å². The van der Waals surface area contributed by atoms with Crippen molar-refractivity contribution in [3.8, 4) is 0 Å². The smallest absolute Gasteiger partial charge is 0.224 e. The van der Waals surface area contributed by atoms with Crippen molar-refractivity contribution in [1.29, 1.82) is 0 Å². The van der Waals surface area contributed by atoms with E-state index >= 15 is 0 Å². The number of anilines is 1. The Morgan fingerprint density at radius 2 is 1.77 bits per heavy atom. The van der Waals surface area contributed by atoms with E-state index in [0.717, 1.165) is 44.1 Å². The molecule has 0 aromatic heterocycles. The van der Waals surface area contributed by atoms with Crippen molar-refractivity contribution >= 4 is 17.5 Å². The van der Waals surface area contributed by atoms with Crippen LogP contribution in [0.5, 0.6) is 0 Å². The maximum atomic E-state index is 12.8. The van der Waals surface area contributed by atoms with E-state index in [4.69, 9.17) is 4.74 Å². The summed E-state index contributed by atoms with van der Waals surface area (Å²) in [4.78, 5) is 29.2. The van der Waals surface area contributed by atoms with Crippen molar-refractivity contribution in [2.24, 2.45) is 17.8 Å². The van der Waals surface area contributed by atoms with Gasteiger partial charge in [-0.15, -0.1) is 0 Å². The molecule has 3 aliphatic rings. The van der Waals surface area contributed by atoms with Crippen molar-refractivity contribution in [2.75, 3.05) is 39.1 Å². The molecular formula is C24H35N3O3. The van der Waals surface area contributed by atoms with Gasteiger partial charge in [0, 0.05) is 44.3 Å². The largest absolute Gasteiger partial charge is 0.376 e. The molecule has 0 bridgehead atoms. The first kappa shape index (κ1) is 21.3. The average Bonchev–Trinajstić information content (AvgIpc) is 3.47. The number of hydrogen-bond acceptors (Lipinski definition) is 4. The summed E-state index contributed by atoms with van der Waals surface area (Å²) in [6.45, 7) is 2.53. The van der Waals surface area contributed by atoms with Crippen molar-refractivity contribution in [3.05, 3.63) is 30.3 Å². The molecular weight excluding hydrogens is 378 g/mol. The van der Waals surface area contributed by atoms with E-state index in [2.05, 4.69) is 24.3 Å². The highest BCUT2D eigenvalue weighted by Gasteiger charge is 2.44. The summed E-state index contributed by atoms with van der Waals surface area (Å²) >= 11 is 0. The molecule has 1 N–H and O–H groups in total. The minimum atomic E-state index is -0.104. The summed E-state index contributed by atoms with van der Waals surface area (Å²) in [5, 5.41) is 2.86. The Morgan fingerprint density at radius 3 is 2.43 bits per heavy atom. The van der Waals surface area contributed by atoms with Crippen LogP contribution in [0.3, 0.4) is 0 Å². The van der Waals surface area contributed by atoms with E-state index in [9.17, 15) is 9.59 Å². The third kappa shape index (κ3) is 5.41. The molecule has 1 aromatic carbocycles. The SMILES string of the molecule is CN(C)[C@@H]1C[C@@H]2CN(C(=O)CCC(=O)Nc3ccccc3)C[C@@H]2C[C@H]1OCC1CC1.